The number of aromatic nitrogens is 3. The van der Waals surface area contributed by atoms with Crippen molar-refractivity contribution in [3.8, 4) is 0 Å². The Morgan fingerprint density at radius 3 is 2.96 bits per heavy atom. The van der Waals surface area contributed by atoms with E-state index < -0.39 is 4.92 Å². The summed E-state index contributed by atoms with van der Waals surface area (Å²) in [6.07, 6.45) is 3.16. The largest absolute Gasteiger partial charge is 0.350 e. The molecular weight excluding hydrogens is 336 g/mol. The number of halogens is 1. The van der Waals surface area contributed by atoms with Gasteiger partial charge in [-0.25, -0.2) is 4.98 Å². The van der Waals surface area contributed by atoms with E-state index in [1.807, 2.05) is 19.0 Å². The molecule has 3 heterocycles. The molecule has 24 heavy (non-hydrogen) atoms. The van der Waals surface area contributed by atoms with Crippen LogP contribution in [0, 0.1) is 10.1 Å². The summed E-state index contributed by atoms with van der Waals surface area (Å²) in [5.41, 5.74) is -0.0948. The van der Waals surface area contributed by atoms with Crippen molar-refractivity contribution < 1.29 is 9.45 Å². The second-order valence-corrected chi connectivity index (χ2v) is 6.30. The van der Waals surface area contributed by atoms with Crippen molar-refractivity contribution in [3.63, 3.8) is 0 Å². The minimum absolute atomic E-state index is 0.0111. The van der Waals surface area contributed by atoms with Gasteiger partial charge in [-0.3, -0.25) is 10.1 Å². The molecule has 128 valence electrons. The summed E-state index contributed by atoms with van der Waals surface area (Å²) in [4.78, 5) is 23.0. The smallest absolute Gasteiger partial charge is 0.313 e. The van der Waals surface area contributed by atoms with Crippen molar-refractivity contribution in [1.82, 2.24) is 15.1 Å². The van der Waals surface area contributed by atoms with E-state index in [2.05, 4.69) is 15.1 Å². The summed E-state index contributed by atoms with van der Waals surface area (Å²) in [6.45, 7) is 1.21. The van der Waals surface area contributed by atoms with Gasteiger partial charge in [-0.2, -0.15) is 4.98 Å². The maximum Gasteiger partial charge on any atom is 0.313 e. The molecule has 0 saturated carbocycles. The standard InChI is InChI=1S/C14H17ClN6O3/c1-19(2)14-17-13(24-18-14)9-4-3-5-20(8-9)12-11(21(22)23)6-10(15)7-16-12/h6-7,9H,3-5,8H2,1-2H3. The van der Waals surface area contributed by atoms with E-state index >= 15 is 0 Å². The summed E-state index contributed by atoms with van der Waals surface area (Å²) >= 11 is 5.83. The molecule has 0 aromatic carbocycles. The van der Waals surface area contributed by atoms with Gasteiger partial charge in [0, 0.05) is 39.4 Å². The van der Waals surface area contributed by atoms with Crippen LogP contribution in [0.15, 0.2) is 16.8 Å². The predicted molar refractivity (Wildman–Crippen MR) is 88.7 cm³/mol. The fourth-order valence-corrected chi connectivity index (χ4v) is 2.90. The minimum Gasteiger partial charge on any atom is -0.350 e. The van der Waals surface area contributed by atoms with Gasteiger partial charge in [-0.15, -0.1) is 0 Å². The molecule has 10 heteroatoms. The lowest BCUT2D eigenvalue weighted by Gasteiger charge is -2.31. The highest BCUT2D eigenvalue weighted by atomic mass is 35.5. The van der Waals surface area contributed by atoms with Gasteiger partial charge in [0.1, 0.15) is 0 Å². The molecule has 2 aromatic rings. The van der Waals surface area contributed by atoms with Gasteiger partial charge < -0.3 is 14.3 Å². The van der Waals surface area contributed by atoms with Crippen molar-refractivity contribution in [2.24, 2.45) is 0 Å². The third-order valence-corrected chi connectivity index (χ3v) is 4.12. The van der Waals surface area contributed by atoms with Crippen molar-refractivity contribution in [1.29, 1.82) is 0 Å². The number of rotatable bonds is 4. The van der Waals surface area contributed by atoms with E-state index in [-0.39, 0.29) is 16.6 Å². The third-order valence-electron chi connectivity index (χ3n) is 3.91. The topological polar surface area (TPSA) is 101 Å². The molecule has 3 rings (SSSR count). The summed E-state index contributed by atoms with van der Waals surface area (Å²) < 4.78 is 5.34. The molecule has 1 fully saturated rings. The van der Waals surface area contributed by atoms with Crippen LogP contribution in [0.4, 0.5) is 17.5 Å². The average Bonchev–Trinajstić information content (AvgIpc) is 3.05. The van der Waals surface area contributed by atoms with Crippen LogP contribution in [0.3, 0.4) is 0 Å². The zero-order valence-electron chi connectivity index (χ0n) is 13.3. The number of nitrogens with zero attached hydrogens (tertiary/aromatic N) is 6. The Labute approximate surface area is 143 Å². The lowest BCUT2D eigenvalue weighted by molar-refractivity contribution is -0.384. The Bertz CT molecular complexity index is 750. The molecule has 0 aliphatic carbocycles. The van der Waals surface area contributed by atoms with Crippen LogP contribution in [-0.2, 0) is 0 Å². The van der Waals surface area contributed by atoms with E-state index in [9.17, 15) is 10.1 Å². The molecule has 0 bridgehead atoms. The van der Waals surface area contributed by atoms with Crippen molar-refractivity contribution in [3.05, 3.63) is 33.3 Å². The molecule has 1 saturated heterocycles. The zero-order chi connectivity index (χ0) is 17.3. The van der Waals surface area contributed by atoms with Gasteiger partial charge in [0.15, 0.2) is 0 Å². The normalized spacial score (nSPS) is 17.8. The van der Waals surface area contributed by atoms with Crippen LogP contribution in [-0.4, -0.2) is 47.2 Å². The summed E-state index contributed by atoms with van der Waals surface area (Å²) in [5, 5.41) is 15.4. The maximum absolute atomic E-state index is 11.3. The molecule has 0 amide bonds. The van der Waals surface area contributed by atoms with Gasteiger partial charge in [0.25, 0.3) is 5.95 Å². The Kier molecular flexibility index (Phi) is 4.52. The predicted octanol–water partition coefficient (Wildman–Crippen LogP) is 2.48. The van der Waals surface area contributed by atoms with E-state index in [1.165, 1.54) is 12.3 Å². The van der Waals surface area contributed by atoms with Gasteiger partial charge in [0.05, 0.1) is 15.9 Å². The summed E-state index contributed by atoms with van der Waals surface area (Å²) in [7, 11) is 3.67. The van der Waals surface area contributed by atoms with Crippen LogP contribution in [0.25, 0.3) is 0 Å². The van der Waals surface area contributed by atoms with E-state index in [0.29, 0.717) is 30.7 Å². The molecule has 0 N–H and O–H groups in total. The SMILES string of the molecule is CN(C)c1noc(C2CCCN(c3ncc(Cl)cc3[N+](=O)[O-])C2)n1. The fraction of sp³-hybridized carbons (Fsp3) is 0.500. The van der Waals surface area contributed by atoms with Crippen molar-refractivity contribution >= 4 is 29.1 Å². The summed E-state index contributed by atoms with van der Waals surface area (Å²) in [5.74, 6) is 1.39. The third kappa shape index (κ3) is 3.25. The molecule has 9 nitrogen and oxygen atoms in total. The van der Waals surface area contributed by atoms with Gasteiger partial charge in [-0.1, -0.05) is 11.6 Å². The molecule has 1 aliphatic heterocycles. The number of hydrogen-bond donors (Lipinski definition) is 0. The Morgan fingerprint density at radius 2 is 2.29 bits per heavy atom. The zero-order valence-corrected chi connectivity index (χ0v) is 14.1. The maximum atomic E-state index is 11.3. The van der Waals surface area contributed by atoms with Crippen LogP contribution in [0.1, 0.15) is 24.7 Å². The highest BCUT2D eigenvalue weighted by Gasteiger charge is 2.30. The molecule has 0 radical (unpaired) electrons. The highest BCUT2D eigenvalue weighted by Crippen LogP contribution is 2.34. The van der Waals surface area contributed by atoms with Crippen LogP contribution < -0.4 is 9.80 Å². The molecule has 1 atom stereocenters. The Balaban J connectivity index is 1.84. The lowest BCUT2D eigenvalue weighted by Crippen LogP contribution is -2.35. The highest BCUT2D eigenvalue weighted by molar-refractivity contribution is 6.30. The first kappa shape index (κ1) is 16.4. The van der Waals surface area contributed by atoms with E-state index in [4.69, 9.17) is 16.1 Å². The summed E-state index contributed by atoms with van der Waals surface area (Å²) in [6, 6.07) is 1.32. The molecule has 2 aromatic heterocycles. The second kappa shape index (κ2) is 6.60. The Morgan fingerprint density at radius 1 is 1.50 bits per heavy atom. The first-order valence-electron chi connectivity index (χ1n) is 7.51. The quantitative estimate of drug-likeness (QED) is 0.611. The minimum atomic E-state index is -0.464. The Hall–Kier alpha value is -2.42. The fourth-order valence-electron chi connectivity index (χ4n) is 2.74. The monoisotopic (exact) mass is 352 g/mol. The second-order valence-electron chi connectivity index (χ2n) is 5.87. The van der Waals surface area contributed by atoms with Crippen LogP contribution in [0.2, 0.25) is 5.02 Å². The first-order chi connectivity index (χ1) is 11.5. The van der Waals surface area contributed by atoms with Crippen molar-refractivity contribution in [2.75, 3.05) is 37.0 Å². The van der Waals surface area contributed by atoms with Crippen molar-refractivity contribution in [2.45, 2.75) is 18.8 Å². The van der Waals surface area contributed by atoms with Gasteiger partial charge in [0.2, 0.25) is 11.7 Å². The number of pyridine rings is 1. The molecule has 0 spiro atoms. The van der Waals surface area contributed by atoms with E-state index in [1.54, 1.807) is 4.90 Å². The number of piperidine rings is 1. The number of nitro groups is 1. The van der Waals surface area contributed by atoms with Gasteiger partial charge in [-0.05, 0) is 18.0 Å². The average molecular weight is 353 g/mol. The molecular formula is C14H17ClN6O3. The van der Waals surface area contributed by atoms with E-state index in [0.717, 1.165) is 12.8 Å². The molecule has 1 aliphatic rings. The lowest BCUT2D eigenvalue weighted by atomic mass is 9.98. The van der Waals surface area contributed by atoms with Crippen LogP contribution in [0.5, 0.6) is 0 Å². The van der Waals surface area contributed by atoms with Crippen LogP contribution >= 0.6 is 11.6 Å². The number of anilines is 2. The van der Waals surface area contributed by atoms with Gasteiger partial charge >= 0.3 is 5.69 Å². The molecule has 1 unspecified atom stereocenters. The first-order valence-corrected chi connectivity index (χ1v) is 7.89. The number of hydrogen-bond acceptors (Lipinski definition) is 8.